The van der Waals surface area contributed by atoms with Gasteiger partial charge in [-0.25, -0.2) is 19.2 Å². The minimum Gasteiger partial charge on any atom is -0.443 e. The van der Waals surface area contributed by atoms with Crippen LogP contribution < -0.4 is 10.6 Å². The molecule has 3 atom stereocenters. The van der Waals surface area contributed by atoms with Crippen LogP contribution in [0.1, 0.15) is 49.6 Å². The molecule has 32 heavy (non-hydrogen) atoms. The number of rotatable bonds is 7. The number of anilines is 2. The quantitative estimate of drug-likeness (QED) is 0.510. The van der Waals surface area contributed by atoms with Crippen molar-refractivity contribution < 1.29 is 18.7 Å². The molecule has 4 rings (SSSR count). The number of carbonyl (C=O) groups is 1. The number of aromatic amines is 1. The van der Waals surface area contributed by atoms with Crippen molar-refractivity contribution in [3.05, 3.63) is 35.4 Å². The van der Waals surface area contributed by atoms with Gasteiger partial charge in [0.25, 0.3) is 0 Å². The second-order valence-electron chi connectivity index (χ2n) is 8.33. The topological polar surface area (TPSA) is 118 Å². The molecule has 1 aliphatic rings. The molecule has 0 spiro atoms. The van der Waals surface area contributed by atoms with Gasteiger partial charge in [0.2, 0.25) is 5.95 Å². The van der Waals surface area contributed by atoms with Crippen LogP contribution in [0.4, 0.5) is 21.0 Å². The fourth-order valence-electron chi connectivity index (χ4n) is 3.94. The largest absolute Gasteiger partial charge is 0.443 e. The van der Waals surface area contributed by atoms with Crippen LogP contribution in [0.25, 0.3) is 5.65 Å². The minimum atomic E-state index is -1.31. The van der Waals surface area contributed by atoms with E-state index in [2.05, 4.69) is 30.8 Å². The summed E-state index contributed by atoms with van der Waals surface area (Å²) in [7, 11) is 1.62. The first-order chi connectivity index (χ1) is 15.4. The maximum Gasteiger partial charge on any atom is 0.407 e. The number of methoxy groups -OCH3 is 1. The fraction of sp³-hybridized carbons (Fsp3) is 0.524. The maximum atomic E-state index is 15.0. The lowest BCUT2D eigenvalue weighted by atomic mass is 10.0. The monoisotopic (exact) mass is 445 g/mol. The summed E-state index contributed by atoms with van der Waals surface area (Å²) in [5.74, 6) is 0.615. The standard InChI is InChI=1S/C21H28FN7O3/c1-11(2)24-21(30)32-16-6-5-14(18(16)22)15-7-17(28-27-15)26-20-23-8-12(3)19-25-13(10-31-4)9-29(19)20/h7-9,11,14,16,18H,5-6,10H2,1-4H3,(H,24,30)(H2,23,26,27,28)/t14-,16-,18+/m1/s1. The zero-order valence-corrected chi connectivity index (χ0v) is 18.6. The van der Waals surface area contributed by atoms with Crippen LogP contribution in [0.3, 0.4) is 0 Å². The van der Waals surface area contributed by atoms with E-state index >= 15 is 0 Å². The van der Waals surface area contributed by atoms with Crippen LogP contribution in [0.15, 0.2) is 18.5 Å². The normalized spacial score (nSPS) is 20.8. The summed E-state index contributed by atoms with van der Waals surface area (Å²) in [6.45, 7) is 5.97. The van der Waals surface area contributed by atoms with Crippen molar-refractivity contribution >= 4 is 23.5 Å². The average Bonchev–Trinajstić information content (AvgIpc) is 3.44. The van der Waals surface area contributed by atoms with E-state index < -0.39 is 24.3 Å². The molecule has 1 amide bonds. The van der Waals surface area contributed by atoms with E-state index in [-0.39, 0.29) is 6.04 Å². The van der Waals surface area contributed by atoms with Crippen molar-refractivity contribution in [3.63, 3.8) is 0 Å². The molecule has 0 radical (unpaired) electrons. The van der Waals surface area contributed by atoms with Crippen LogP contribution >= 0.6 is 0 Å². The van der Waals surface area contributed by atoms with Crippen molar-refractivity contribution in [2.75, 3.05) is 12.4 Å². The Hall–Kier alpha value is -3.21. The first kappa shape index (κ1) is 22.0. The second kappa shape index (κ2) is 9.11. The van der Waals surface area contributed by atoms with E-state index in [1.54, 1.807) is 19.4 Å². The molecule has 1 fully saturated rings. The summed E-state index contributed by atoms with van der Waals surface area (Å²) < 4.78 is 27.3. The Kier molecular flexibility index (Phi) is 6.26. The van der Waals surface area contributed by atoms with Gasteiger partial charge in [-0.05, 0) is 33.6 Å². The van der Waals surface area contributed by atoms with Crippen LogP contribution in [-0.4, -0.2) is 56.1 Å². The van der Waals surface area contributed by atoms with Crippen molar-refractivity contribution in [1.82, 2.24) is 29.9 Å². The Balaban J connectivity index is 1.47. The first-order valence-electron chi connectivity index (χ1n) is 10.6. The SMILES string of the molecule is COCc1cn2c(Nc3cc([C@H]4CC[C@@H](OC(=O)NC(C)C)[C@H]4F)[nH]n3)ncc(C)c2n1. The molecule has 172 valence electrons. The van der Waals surface area contributed by atoms with Crippen molar-refractivity contribution in [2.45, 2.75) is 64.5 Å². The average molecular weight is 445 g/mol. The Morgan fingerprint density at radius 2 is 2.22 bits per heavy atom. The number of alkyl carbamates (subject to hydrolysis) is 1. The van der Waals surface area contributed by atoms with Gasteiger partial charge in [-0.15, -0.1) is 0 Å². The van der Waals surface area contributed by atoms with Gasteiger partial charge in [0.15, 0.2) is 5.82 Å². The molecule has 3 aromatic rings. The number of nitrogens with zero attached hydrogens (tertiary/aromatic N) is 4. The number of aromatic nitrogens is 5. The number of hydrogen-bond donors (Lipinski definition) is 3. The van der Waals surface area contributed by atoms with Crippen LogP contribution in [0.5, 0.6) is 0 Å². The van der Waals surface area contributed by atoms with E-state index in [9.17, 15) is 9.18 Å². The van der Waals surface area contributed by atoms with Crippen LogP contribution in [0, 0.1) is 6.92 Å². The van der Waals surface area contributed by atoms with Gasteiger partial charge in [0.05, 0.1) is 12.3 Å². The minimum absolute atomic E-state index is 0.0677. The Labute approximate surface area is 184 Å². The number of fused-ring (bicyclic) bond motifs is 1. The number of H-pyrrole nitrogens is 1. The molecular formula is C21H28FN7O3. The molecule has 11 heteroatoms. The van der Waals surface area contributed by atoms with Gasteiger partial charge in [-0.1, -0.05) is 0 Å². The molecule has 3 aromatic heterocycles. The van der Waals surface area contributed by atoms with E-state index in [4.69, 9.17) is 9.47 Å². The third-order valence-corrected chi connectivity index (χ3v) is 5.41. The van der Waals surface area contributed by atoms with Gasteiger partial charge in [0.1, 0.15) is 17.9 Å². The molecule has 0 aliphatic heterocycles. The lowest BCUT2D eigenvalue weighted by Crippen LogP contribution is -2.36. The Bertz CT molecular complexity index is 1100. The third-order valence-electron chi connectivity index (χ3n) is 5.41. The highest BCUT2D eigenvalue weighted by Gasteiger charge is 2.40. The number of aryl methyl sites for hydroxylation is 1. The van der Waals surface area contributed by atoms with Crippen LogP contribution in [-0.2, 0) is 16.1 Å². The van der Waals surface area contributed by atoms with Crippen molar-refractivity contribution in [3.8, 4) is 0 Å². The van der Waals surface area contributed by atoms with Gasteiger partial charge in [-0.2, -0.15) is 5.10 Å². The smallest absolute Gasteiger partial charge is 0.407 e. The lowest BCUT2D eigenvalue weighted by molar-refractivity contribution is 0.0555. The summed E-state index contributed by atoms with van der Waals surface area (Å²) >= 11 is 0. The van der Waals surface area contributed by atoms with E-state index in [0.717, 1.165) is 16.9 Å². The molecule has 0 aromatic carbocycles. The first-order valence-corrected chi connectivity index (χ1v) is 10.6. The molecule has 0 saturated heterocycles. The van der Waals surface area contributed by atoms with Crippen molar-refractivity contribution in [2.24, 2.45) is 0 Å². The zero-order chi connectivity index (χ0) is 22.8. The summed E-state index contributed by atoms with van der Waals surface area (Å²) in [5.41, 5.74) is 3.13. The van der Waals surface area contributed by atoms with E-state index in [1.807, 2.05) is 31.4 Å². The van der Waals surface area contributed by atoms with Gasteiger partial charge in [0, 0.05) is 48.8 Å². The molecule has 3 heterocycles. The fourth-order valence-corrected chi connectivity index (χ4v) is 3.94. The van der Waals surface area contributed by atoms with Crippen LogP contribution in [0.2, 0.25) is 0 Å². The van der Waals surface area contributed by atoms with Gasteiger partial charge >= 0.3 is 6.09 Å². The zero-order valence-electron chi connectivity index (χ0n) is 18.6. The Morgan fingerprint density at radius 3 is 2.97 bits per heavy atom. The van der Waals surface area contributed by atoms with E-state index in [0.29, 0.717) is 36.9 Å². The second-order valence-corrected chi connectivity index (χ2v) is 8.33. The van der Waals surface area contributed by atoms with E-state index in [1.165, 1.54) is 0 Å². The maximum absolute atomic E-state index is 15.0. The number of ether oxygens (including phenoxy) is 2. The number of halogens is 1. The Morgan fingerprint density at radius 1 is 1.41 bits per heavy atom. The molecule has 0 unspecified atom stereocenters. The van der Waals surface area contributed by atoms with Gasteiger partial charge in [-0.3, -0.25) is 9.50 Å². The number of carbonyl (C=O) groups excluding carboxylic acids is 1. The molecular weight excluding hydrogens is 417 g/mol. The number of amides is 1. The highest BCUT2D eigenvalue weighted by atomic mass is 19.1. The summed E-state index contributed by atoms with van der Waals surface area (Å²) in [5, 5.41) is 13.0. The molecule has 3 N–H and O–H groups in total. The molecule has 1 aliphatic carbocycles. The predicted molar refractivity (Wildman–Crippen MR) is 116 cm³/mol. The summed E-state index contributed by atoms with van der Waals surface area (Å²) in [4.78, 5) is 20.8. The van der Waals surface area contributed by atoms with Gasteiger partial charge < -0.3 is 20.1 Å². The number of nitrogens with one attached hydrogen (secondary N) is 3. The summed E-state index contributed by atoms with van der Waals surface area (Å²) in [6, 6.07) is 1.69. The third kappa shape index (κ3) is 4.52. The number of alkyl halides is 1. The molecule has 0 bridgehead atoms. The number of imidazole rings is 1. The highest BCUT2D eigenvalue weighted by molar-refractivity contribution is 5.67. The highest BCUT2D eigenvalue weighted by Crippen LogP contribution is 2.38. The summed E-state index contributed by atoms with van der Waals surface area (Å²) in [6.07, 6.45) is 1.91. The molecule has 1 saturated carbocycles. The van der Waals surface area contributed by atoms with Crippen molar-refractivity contribution in [1.29, 1.82) is 0 Å². The lowest BCUT2D eigenvalue weighted by Gasteiger charge is -2.18. The molecule has 10 nitrogen and oxygen atoms in total. The predicted octanol–water partition coefficient (Wildman–Crippen LogP) is 3.37. The number of hydrogen-bond acceptors (Lipinski definition) is 7.